The van der Waals surface area contributed by atoms with Gasteiger partial charge in [-0.1, -0.05) is 19.9 Å². The van der Waals surface area contributed by atoms with Gasteiger partial charge in [-0.25, -0.2) is 4.79 Å². The average molecular weight is 236 g/mol. The van der Waals surface area contributed by atoms with Crippen LogP contribution in [0.5, 0.6) is 5.75 Å². The lowest BCUT2D eigenvalue weighted by Gasteiger charge is -2.11. The van der Waals surface area contributed by atoms with Gasteiger partial charge in [0, 0.05) is 0 Å². The van der Waals surface area contributed by atoms with E-state index in [1.54, 1.807) is 18.2 Å². The first-order valence-electron chi connectivity index (χ1n) is 5.93. The Hall–Kier alpha value is -1.51. The third-order valence-electron chi connectivity index (χ3n) is 2.00. The van der Waals surface area contributed by atoms with Gasteiger partial charge >= 0.3 is 5.97 Å². The summed E-state index contributed by atoms with van der Waals surface area (Å²) in [5.74, 6) is 0.855. The largest absolute Gasteiger partial charge is 0.493 e. The van der Waals surface area contributed by atoms with E-state index < -0.39 is 0 Å². The number of esters is 1. The van der Waals surface area contributed by atoms with Gasteiger partial charge in [-0.2, -0.15) is 0 Å². The van der Waals surface area contributed by atoms with Crippen molar-refractivity contribution in [3.63, 3.8) is 0 Å². The highest BCUT2D eigenvalue weighted by Gasteiger charge is 2.10. The quantitative estimate of drug-likeness (QED) is 0.736. The standard InChI is InChI=1S/C14H20O3/c1-10(2)9-16-13-7-5-6-12(8-13)14(15)17-11(3)4/h5-8,10-11H,9H2,1-4H3. The summed E-state index contributed by atoms with van der Waals surface area (Å²) in [6.45, 7) is 8.46. The molecule has 0 amide bonds. The van der Waals surface area contributed by atoms with Crippen LogP contribution in [0.15, 0.2) is 24.3 Å². The fourth-order valence-electron chi connectivity index (χ4n) is 1.26. The van der Waals surface area contributed by atoms with Crippen LogP contribution in [0, 0.1) is 5.92 Å². The maximum absolute atomic E-state index is 11.7. The maximum atomic E-state index is 11.7. The molecule has 3 nitrogen and oxygen atoms in total. The molecular weight excluding hydrogens is 216 g/mol. The first-order valence-corrected chi connectivity index (χ1v) is 5.93. The number of ether oxygens (including phenoxy) is 2. The normalized spacial score (nSPS) is 10.7. The van der Waals surface area contributed by atoms with Crippen molar-refractivity contribution in [2.75, 3.05) is 6.61 Å². The van der Waals surface area contributed by atoms with Crippen LogP contribution < -0.4 is 4.74 Å². The van der Waals surface area contributed by atoms with Crippen LogP contribution >= 0.6 is 0 Å². The van der Waals surface area contributed by atoms with Crippen LogP contribution in [0.1, 0.15) is 38.1 Å². The SMILES string of the molecule is CC(C)COc1cccc(C(=O)OC(C)C)c1. The summed E-state index contributed by atoms with van der Waals surface area (Å²) in [6, 6.07) is 7.08. The van der Waals surface area contributed by atoms with E-state index in [0.29, 0.717) is 23.8 Å². The smallest absolute Gasteiger partial charge is 0.338 e. The Morgan fingerprint density at radius 3 is 2.53 bits per heavy atom. The topological polar surface area (TPSA) is 35.5 Å². The van der Waals surface area contributed by atoms with Crippen LogP contribution in [-0.2, 0) is 4.74 Å². The van der Waals surface area contributed by atoms with Crippen molar-refractivity contribution in [3.8, 4) is 5.75 Å². The van der Waals surface area contributed by atoms with E-state index in [1.807, 2.05) is 19.9 Å². The molecule has 0 bridgehead atoms. The van der Waals surface area contributed by atoms with Crippen molar-refractivity contribution in [2.24, 2.45) is 5.92 Å². The first-order chi connectivity index (χ1) is 7.99. The molecule has 0 fully saturated rings. The summed E-state index contributed by atoms with van der Waals surface area (Å²) >= 11 is 0. The maximum Gasteiger partial charge on any atom is 0.338 e. The van der Waals surface area contributed by atoms with Gasteiger partial charge in [-0.05, 0) is 38.0 Å². The van der Waals surface area contributed by atoms with Crippen LogP contribution in [0.25, 0.3) is 0 Å². The van der Waals surface area contributed by atoms with E-state index in [-0.39, 0.29) is 12.1 Å². The molecule has 17 heavy (non-hydrogen) atoms. The Morgan fingerprint density at radius 2 is 1.94 bits per heavy atom. The summed E-state index contributed by atoms with van der Waals surface area (Å²) in [5.41, 5.74) is 0.528. The lowest BCUT2D eigenvalue weighted by atomic mass is 10.2. The number of carbonyl (C=O) groups is 1. The van der Waals surface area contributed by atoms with E-state index in [1.165, 1.54) is 0 Å². The molecule has 1 aromatic carbocycles. The minimum atomic E-state index is -0.310. The predicted molar refractivity (Wildman–Crippen MR) is 67.3 cm³/mol. The lowest BCUT2D eigenvalue weighted by molar-refractivity contribution is 0.0377. The summed E-state index contributed by atoms with van der Waals surface area (Å²) < 4.78 is 10.7. The van der Waals surface area contributed by atoms with Crippen molar-refractivity contribution >= 4 is 5.97 Å². The predicted octanol–water partition coefficient (Wildman–Crippen LogP) is 3.29. The average Bonchev–Trinajstić information content (AvgIpc) is 2.26. The molecule has 0 aliphatic heterocycles. The Balaban J connectivity index is 2.68. The second-order valence-corrected chi connectivity index (χ2v) is 4.69. The summed E-state index contributed by atoms with van der Waals surface area (Å²) in [5, 5.41) is 0. The van der Waals surface area contributed by atoms with Crippen molar-refractivity contribution in [1.82, 2.24) is 0 Å². The molecule has 0 spiro atoms. The molecule has 0 atom stereocenters. The lowest BCUT2D eigenvalue weighted by Crippen LogP contribution is -2.12. The van der Waals surface area contributed by atoms with Crippen LogP contribution in [-0.4, -0.2) is 18.7 Å². The Morgan fingerprint density at radius 1 is 1.24 bits per heavy atom. The van der Waals surface area contributed by atoms with Gasteiger partial charge in [0.1, 0.15) is 5.75 Å². The number of carbonyl (C=O) groups excluding carboxylic acids is 1. The highest BCUT2D eigenvalue weighted by atomic mass is 16.5. The molecular formula is C14H20O3. The number of rotatable bonds is 5. The molecule has 0 N–H and O–H groups in total. The number of hydrogen-bond donors (Lipinski definition) is 0. The van der Waals surface area contributed by atoms with Crippen LogP contribution in [0.3, 0.4) is 0 Å². The second kappa shape index (κ2) is 6.28. The molecule has 0 unspecified atom stereocenters. The zero-order valence-corrected chi connectivity index (χ0v) is 10.9. The minimum absolute atomic E-state index is 0.109. The van der Waals surface area contributed by atoms with Gasteiger partial charge in [0.2, 0.25) is 0 Å². The van der Waals surface area contributed by atoms with E-state index in [4.69, 9.17) is 9.47 Å². The van der Waals surface area contributed by atoms with Crippen LogP contribution in [0.4, 0.5) is 0 Å². The molecule has 0 heterocycles. The van der Waals surface area contributed by atoms with Gasteiger partial charge < -0.3 is 9.47 Å². The molecule has 0 aliphatic carbocycles. The zero-order chi connectivity index (χ0) is 12.8. The molecule has 1 aromatic rings. The summed E-state index contributed by atoms with van der Waals surface area (Å²) in [6.07, 6.45) is -0.109. The minimum Gasteiger partial charge on any atom is -0.493 e. The fraction of sp³-hybridized carbons (Fsp3) is 0.500. The third-order valence-corrected chi connectivity index (χ3v) is 2.00. The van der Waals surface area contributed by atoms with Crippen molar-refractivity contribution in [2.45, 2.75) is 33.8 Å². The van der Waals surface area contributed by atoms with E-state index in [0.717, 1.165) is 0 Å². The Labute approximate surface area is 103 Å². The monoisotopic (exact) mass is 236 g/mol. The molecule has 0 aromatic heterocycles. The molecule has 0 aliphatic rings. The molecule has 0 saturated heterocycles. The summed E-state index contributed by atoms with van der Waals surface area (Å²) in [7, 11) is 0. The summed E-state index contributed by atoms with van der Waals surface area (Å²) in [4.78, 5) is 11.7. The van der Waals surface area contributed by atoms with Gasteiger partial charge in [0.05, 0.1) is 18.3 Å². The Kier molecular flexibility index (Phi) is 5.01. The Bertz CT molecular complexity index is 369. The highest BCUT2D eigenvalue weighted by molar-refractivity contribution is 5.89. The zero-order valence-electron chi connectivity index (χ0n) is 10.9. The van der Waals surface area contributed by atoms with Crippen LogP contribution in [0.2, 0.25) is 0 Å². The van der Waals surface area contributed by atoms with Crippen molar-refractivity contribution in [3.05, 3.63) is 29.8 Å². The van der Waals surface area contributed by atoms with Gasteiger partial charge in [0.25, 0.3) is 0 Å². The molecule has 3 heteroatoms. The second-order valence-electron chi connectivity index (χ2n) is 4.69. The molecule has 1 rings (SSSR count). The van der Waals surface area contributed by atoms with E-state index in [2.05, 4.69) is 13.8 Å². The number of benzene rings is 1. The highest BCUT2D eigenvalue weighted by Crippen LogP contribution is 2.15. The molecule has 0 radical (unpaired) electrons. The molecule has 94 valence electrons. The number of hydrogen-bond acceptors (Lipinski definition) is 3. The van der Waals surface area contributed by atoms with Gasteiger partial charge in [-0.15, -0.1) is 0 Å². The van der Waals surface area contributed by atoms with Crippen molar-refractivity contribution in [1.29, 1.82) is 0 Å². The fourth-order valence-corrected chi connectivity index (χ4v) is 1.26. The van der Waals surface area contributed by atoms with Gasteiger partial charge in [0.15, 0.2) is 0 Å². The van der Waals surface area contributed by atoms with Gasteiger partial charge in [-0.3, -0.25) is 0 Å². The van der Waals surface area contributed by atoms with E-state index in [9.17, 15) is 4.79 Å². The van der Waals surface area contributed by atoms with E-state index >= 15 is 0 Å². The third kappa shape index (κ3) is 4.89. The molecule has 0 saturated carbocycles. The van der Waals surface area contributed by atoms with Crippen molar-refractivity contribution < 1.29 is 14.3 Å². The first kappa shape index (κ1) is 13.6.